The highest BCUT2D eigenvalue weighted by molar-refractivity contribution is 8.26. The molecule has 0 radical (unpaired) electrons. The number of carbonyl (C=O) groups excluding carboxylic acids is 5. The van der Waals surface area contributed by atoms with Gasteiger partial charge in [-0.1, -0.05) is 53.8 Å². The van der Waals surface area contributed by atoms with Crippen molar-refractivity contribution in [3.05, 3.63) is 54.0 Å². The van der Waals surface area contributed by atoms with E-state index in [1.54, 1.807) is 11.8 Å². The van der Waals surface area contributed by atoms with Crippen molar-refractivity contribution in [2.75, 3.05) is 33.3 Å². The molecular formula is C29H31NO9S3. The van der Waals surface area contributed by atoms with Crippen molar-refractivity contribution in [3.8, 4) is 0 Å². The van der Waals surface area contributed by atoms with Gasteiger partial charge in [0.25, 0.3) is 0 Å². The maximum atomic E-state index is 13.7. The molecule has 4 rings (SSSR count). The van der Waals surface area contributed by atoms with Crippen LogP contribution in [0.5, 0.6) is 0 Å². The van der Waals surface area contributed by atoms with E-state index in [0.29, 0.717) is 21.7 Å². The van der Waals surface area contributed by atoms with E-state index in [1.165, 1.54) is 28.4 Å². The molecular weight excluding hydrogens is 603 g/mol. The first kappa shape index (κ1) is 31.8. The molecule has 1 aromatic carbocycles. The zero-order chi connectivity index (χ0) is 31.3. The standard InChI is InChI=1S/C29H31NO9S3/c1-10-16(31)30-19-14(3)11-13(2)12-15(19)17-23(28(30,4)5)40-20(25(33)37-7)18(24(32)36-6)29(17)41-21(26(34)38-8)22(42-29)27(35)39-9/h11-12H,10H2,1-9H3. The fraction of sp³-hybridized carbons (Fsp3) is 0.414. The number of esters is 4. The van der Waals surface area contributed by atoms with Gasteiger partial charge in [0.1, 0.15) is 18.8 Å². The molecule has 0 aromatic heterocycles. The average Bonchev–Trinajstić information content (AvgIpc) is 3.35. The molecule has 1 amide bonds. The van der Waals surface area contributed by atoms with Crippen LogP contribution in [0.25, 0.3) is 5.57 Å². The molecule has 3 aliphatic rings. The van der Waals surface area contributed by atoms with Crippen LogP contribution in [-0.2, 0) is 42.9 Å². The number of nitrogens with zero attached hydrogens (tertiary/aromatic N) is 1. The zero-order valence-electron chi connectivity index (χ0n) is 24.7. The Bertz CT molecular complexity index is 1510. The van der Waals surface area contributed by atoms with Gasteiger partial charge in [0.15, 0.2) is 0 Å². The number of ether oxygens (including phenoxy) is 4. The summed E-state index contributed by atoms with van der Waals surface area (Å²) >= 11 is 2.83. The smallest absolute Gasteiger partial charge is 0.345 e. The monoisotopic (exact) mass is 633 g/mol. The van der Waals surface area contributed by atoms with Crippen molar-refractivity contribution >= 4 is 76.3 Å². The molecule has 42 heavy (non-hydrogen) atoms. The fourth-order valence-electron chi connectivity index (χ4n) is 5.41. The van der Waals surface area contributed by atoms with Crippen molar-refractivity contribution in [3.63, 3.8) is 0 Å². The van der Waals surface area contributed by atoms with Crippen LogP contribution in [0.1, 0.15) is 43.9 Å². The molecule has 1 spiro atoms. The van der Waals surface area contributed by atoms with Gasteiger partial charge in [0.2, 0.25) is 5.91 Å². The van der Waals surface area contributed by atoms with Crippen molar-refractivity contribution in [2.24, 2.45) is 0 Å². The average molecular weight is 634 g/mol. The van der Waals surface area contributed by atoms with Crippen LogP contribution in [0.2, 0.25) is 0 Å². The summed E-state index contributed by atoms with van der Waals surface area (Å²) in [4.78, 5) is 68.9. The normalized spacial score (nSPS) is 18.5. The topological polar surface area (TPSA) is 126 Å². The first-order valence-corrected chi connectivity index (χ1v) is 15.3. The molecule has 0 fully saturated rings. The molecule has 0 unspecified atom stereocenters. The molecule has 3 heterocycles. The lowest BCUT2D eigenvalue weighted by atomic mass is 9.81. The number of hydrogen-bond acceptors (Lipinski definition) is 12. The van der Waals surface area contributed by atoms with Gasteiger partial charge in [-0.05, 0) is 39.3 Å². The number of methoxy groups -OCH3 is 4. The second-order valence-electron chi connectivity index (χ2n) is 10.1. The van der Waals surface area contributed by atoms with Crippen molar-refractivity contribution in [1.29, 1.82) is 0 Å². The Morgan fingerprint density at radius 2 is 1.29 bits per heavy atom. The van der Waals surface area contributed by atoms with Crippen LogP contribution < -0.4 is 4.90 Å². The number of thioether (sulfide) groups is 3. The highest BCUT2D eigenvalue weighted by Crippen LogP contribution is 2.71. The molecule has 0 bridgehead atoms. The minimum atomic E-state index is -1.60. The van der Waals surface area contributed by atoms with E-state index in [4.69, 9.17) is 18.9 Å². The van der Waals surface area contributed by atoms with Gasteiger partial charge in [0.05, 0.1) is 45.2 Å². The van der Waals surface area contributed by atoms with Gasteiger partial charge < -0.3 is 23.8 Å². The summed E-state index contributed by atoms with van der Waals surface area (Å²) in [5, 5.41) is 0. The quantitative estimate of drug-likeness (QED) is 0.332. The van der Waals surface area contributed by atoms with Crippen molar-refractivity contribution < 1.29 is 42.9 Å². The Morgan fingerprint density at radius 1 is 0.786 bits per heavy atom. The van der Waals surface area contributed by atoms with Crippen molar-refractivity contribution in [1.82, 2.24) is 0 Å². The zero-order valence-corrected chi connectivity index (χ0v) is 27.2. The second kappa shape index (κ2) is 11.5. The molecule has 0 N–H and O–H groups in total. The SMILES string of the molecule is CCC(=O)N1c2c(C)cc(C)cc2C2=C(SC(C(=O)OC)=C(C(=O)OC)C23SC(C(=O)OC)=C(C(=O)OC)S3)C1(C)C. The minimum absolute atomic E-state index is 0.0803. The lowest BCUT2D eigenvalue weighted by Crippen LogP contribution is -2.54. The maximum absolute atomic E-state index is 13.7. The van der Waals surface area contributed by atoms with Gasteiger partial charge in [-0.3, -0.25) is 4.79 Å². The number of aryl methyl sites for hydroxylation is 2. The molecule has 0 saturated carbocycles. The van der Waals surface area contributed by atoms with Crippen molar-refractivity contribution in [2.45, 2.75) is 50.7 Å². The van der Waals surface area contributed by atoms with Crippen LogP contribution in [-0.4, -0.2) is 67.8 Å². The molecule has 0 saturated heterocycles. The van der Waals surface area contributed by atoms with Crippen LogP contribution >= 0.6 is 35.3 Å². The molecule has 0 atom stereocenters. The summed E-state index contributed by atoms with van der Waals surface area (Å²) < 4.78 is 18.8. The summed E-state index contributed by atoms with van der Waals surface area (Å²) in [5.74, 6) is -3.43. The number of rotatable bonds is 5. The summed E-state index contributed by atoms with van der Waals surface area (Å²) in [6.45, 7) is 9.30. The summed E-state index contributed by atoms with van der Waals surface area (Å²) in [6, 6.07) is 3.86. The predicted octanol–water partition coefficient (Wildman–Crippen LogP) is 4.63. The van der Waals surface area contributed by atoms with Gasteiger partial charge >= 0.3 is 23.9 Å². The summed E-state index contributed by atoms with van der Waals surface area (Å²) in [6.07, 6.45) is 0.214. The second-order valence-corrected chi connectivity index (χ2v) is 13.8. The maximum Gasteiger partial charge on any atom is 0.345 e. The van der Waals surface area contributed by atoms with Crippen LogP contribution in [0, 0.1) is 13.8 Å². The van der Waals surface area contributed by atoms with E-state index < -0.39 is 33.5 Å². The lowest BCUT2D eigenvalue weighted by molar-refractivity contribution is -0.138. The molecule has 10 nitrogen and oxygen atoms in total. The van der Waals surface area contributed by atoms with E-state index in [9.17, 15) is 24.0 Å². The van der Waals surface area contributed by atoms with E-state index in [1.807, 2.05) is 39.8 Å². The number of benzene rings is 1. The minimum Gasteiger partial charge on any atom is -0.466 e. The van der Waals surface area contributed by atoms with E-state index in [2.05, 4.69) is 0 Å². The third-order valence-electron chi connectivity index (χ3n) is 7.12. The Morgan fingerprint density at radius 3 is 1.76 bits per heavy atom. The predicted molar refractivity (Wildman–Crippen MR) is 162 cm³/mol. The largest absolute Gasteiger partial charge is 0.466 e. The number of fused-ring (bicyclic) bond motifs is 3. The molecule has 3 aliphatic heterocycles. The Labute approximate surface area is 256 Å². The number of carbonyl (C=O) groups is 5. The van der Waals surface area contributed by atoms with Gasteiger partial charge in [0, 0.05) is 22.5 Å². The molecule has 224 valence electrons. The molecule has 0 aliphatic carbocycles. The number of amides is 1. The first-order valence-electron chi connectivity index (χ1n) is 12.8. The lowest BCUT2D eigenvalue weighted by Gasteiger charge is -2.51. The van der Waals surface area contributed by atoms with Gasteiger partial charge in [-0.2, -0.15) is 0 Å². The van der Waals surface area contributed by atoms with Gasteiger partial charge in [-0.25, -0.2) is 19.2 Å². The summed E-state index contributed by atoms with van der Waals surface area (Å²) in [7, 11) is 4.73. The number of hydrogen-bond donors (Lipinski definition) is 0. The third-order valence-corrected chi connectivity index (χ3v) is 11.8. The van der Waals surface area contributed by atoms with E-state index >= 15 is 0 Å². The van der Waals surface area contributed by atoms with E-state index in [0.717, 1.165) is 46.4 Å². The molecule has 1 aromatic rings. The first-order chi connectivity index (χ1) is 19.7. The van der Waals surface area contributed by atoms with Crippen LogP contribution in [0.3, 0.4) is 0 Å². The Balaban J connectivity index is 2.22. The summed E-state index contributed by atoms with van der Waals surface area (Å²) in [5.41, 5.74) is 2.37. The number of anilines is 1. The highest BCUT2D eigenvalue weighted by Gasteiger charge is 2.61. The van der Waals surface area contributed by atoms with Crippen LogP contribution in [0.15, 0.2) is 37.3 Å². The van der Waals surface area contributed by atoms with Gasteiger partial charge in [-0.15, -0.1) is 0 Å². The van der Waals surface area contributed by atoms with Crippen LogP contribution in [0.4, 0.5) is 5.69 Å². The fourth-order valence-corrected chi connectivity index (χ4v) is 10.5. The van der Waals surface area contributed by atoms with E-state index in [-0.39, 0.29) is 32.6 Å². The Hall–Kier alpha value is -3.16. The Kier molecular flexibility index (Phi) is 8.69. The third kappa shape index (κ3) is 4.65. The highest BCUT2D eigenvalue weighted by atomic mass is 32.2. The molecule has 13 heteroatoms.